The Hall–Kier alpha value is 1.16. The first-order chi connectivity index (χ1) is 5.66. The van der Waals surface area contributed by atoms with Crippen LogP contribution in [0.3, 0.4) is 0 Å². The van der Waals surface area contributed by atoms with Gasteiger partial charge in [-0.25, -0.2) is 0 Å². The maximum atomic E-state index is 3.50. The van der Waals surface area contributed by atoms with Crippen LogP contribution >= 0.6 is 0 Å². The quantitative estimate of drug-likeness (QED) is 0.592. The number of hydrogen-bond donors (Lipinski definition) is 0. The summed E-state index contributed by atoms with van der Waals surface area (Å²) in [6.07, 6.45) is 0. The van der Waals surface area contributed by atoms with E-state index < -0.39 is 0 Å². The van der Waals surface area contributed by atoms with Gasteiger partial charge in [0, 0.05) is 0 Å². The maximum Gasteiger partial charge on any atom is 4.00 e. The van der Waals surface area contributed by atoms with Crippen LogP contribution in [0.15, 0.2) is 0 Å². The van der Waals surface area contributed by atoms with Gasteiger partial charge in [0.25, 0.3) is 0 Å². The minimum absolute atomic E-state index is 0. The zero-order valence-corrected chi connectivity index (χ0v) is 14.4. The Morgan fingerprint density at radius 1 is 0.385 bits per heavy atom. The van der Waals surface area contributed by atoms with E-state index in [0.29, 0.717) is 0 Å². The van der Waals surface area contributed by atoms with Crippen molar-refractivity contribution in [1.82, 2.24) is 0 Å². The molecule has 0 rings (SSSR count). The molecule has 0 aromatic heterocycles. The summed E-state index contributed by atoms with van der Waals surface area (Å²) < 4.78 is 0. The molecule has 0 spiro atoms. The third-order valence-electron chi connectivity index (χ3n) is 0. The summed E-state index contributed by atoms with van der Waals surface area (Å²) in [6, 6.07) is 0. The molecule has 0 fully saturated rings. The van der Waals surface area contributed by atoms with E-state index in [1.165, 1.54) is 0 Å². The minimum Gasteiger partial charge on any atom is -0.668 e. The van der Waals surface area contributed by atoms with Gasteiger partial charge >= 0.3 is 39.9 Å². The third-order valence-corrected chi connectivity index (χ3v) is 0. The fourth-order valence-electron chi connectivity index (χ4n) is 0. The van der Waals surface area contributed by atoms with Crippen molar-refractivity contribution in [2.75, 3.05) is 56.4 Å². The number of hydrogen-bond acceptors (Lipinski definition) is 0. The van der Waals surface area contributed by atoms with Gasteiger partial charge in [-0.05, 0) is 0 Å². The fraction of sp³-hybridized carbons (Fsp3) is 1.00. The van der Waals surface area contributed by atoms with Gasteiger partial charge in [0.2, 0.25) is 0 Å². The van der Waals surface area contributed by atoms with E-state index in [4.69, 9.17) is 0 Å². The molecule has 0 amide bonds. The van der Waals surface area contributed by atoms with Crippen LogP contribution in [-0.4, -0.2) is 56.4 Å². The maximum absolute atomic E-state index is 3.50. The smallest absolute Gasteiger partial charge is 0.668 e. The van der Waals surface area contributed by atoms with Gasteiger partial charge in [0.15, 0.2) is 0 Å². The van der Waals surface area contributed by atoms with Crippen LogP contribution in [-0.2, 0) is 0 Å². The molecular weight excluding hydrogens is 384 g/mol. The Morgan fingerprint density at radius 2 is 0.385 bits per heavy atom. The van der Waals surface area contributed by atoms with Gasteiger partial charge in [-0.1, -0.05) is 0 Å². The van der Waals surface area contributed by atoms with E-state index in [-0.39, 0.29) is 39.9 Å². The predicted molar refractivity (Wildman–Crippen MR) is 60.8 cm³/mol. The summed E-state index contributed by atoms with van der Waals surface area (Å²) in [5.74, 6) is 0. The van der Waals surface area contributed by atoms with Crippen LogP contribution in [0.1, 0.15) is 0 Å². The Balaban J connectivity index is -0.0000000213. The molecule has 0 atom stereocenters. The molecule has 0 aliphatic rings. The van der Waals surface area contributed by atoms with Crippen LogP contribution in [0, 0.1) is 39.9 Å². The van der Waals surface area contributed by atoms with E-state index in [2.05, 4.69) is 21.3 Å². The Labute approximate surface area is 117 Å². The van der Waals surface area contributed by atoms with E-state index in [1.54, 1.807) is 56.4 Å². The second-order valence-corrected chi connectivity index (χ2v) is 1.79. The second kappa shape index (κ2) is 73.0. The van der Waals surface area contributed by atoms with E-state index in [9.17, 15) is 0 Å². The molecule has 0 N–H and O–H groups in total. The Bertz CT molecular complexity index is 24.1. The van der Waals surface area contributed by atoms with E-state index >= 15 is 0 Å². The van der Waals surface area contributed by atoms with Crippen molar-refractivity contribution in [3.05, 3.63) is 21.3 Å². The number of nitrogens with zero attached hydrogens (tertiary/aromatic N) is 4. The fourth-order valence-corrected chi connectivity index (χ4v) is 0. The van der Waals surface area contributed by atoms with Gasteiger partial charge in [-0.15, -0.1) is 0 Å². The van der Waals surface area contributed by atoms with Crippen molar-refractivity contribution in [1.29, 1.82) is 0 Å². The molecule has 80 valence electrons. The SMILES string of the molecule is C[N-]C.C[N-]C.C[N-]C.C[N-]C.[Th+4]. The molecule has 0 heterocycles. The molecule has 0 aliphatic carbocycles. The van der Waals surface area contributed by atoms with Gasteiger partial charge in [-0.2, -0.15) is 56.4 Å². The first kappa shape index (κ1) is 29.2. The van der Waals surface area contributed by atoms with Crippen molar-refractivity contribution in [2.45, 2.75) is 0 Å². The molecule has 0 unspecified atom stereocenters. The molecular formula is C8H24N4Th. The molecule has 13 heavy (non-hydrogen) atoms. The molecule has 0 aliphatic heterocycles. The van der Waals surface area contributed by atoms with E-state index in [0.717, 1.165) is 0 Å². The molecule has 0 radical (unpaired) electrons. The first-order valence-electron chi connectivity index (χ1n) is 3.58. The Kier molecular flexibility index (Phi) is 164. The zero-order chi connectivity index (χ0) is 10.8. The second-order valence-electron chi connectivity index (χ2n) is 1.79. The van der Waals surface area contributed by atoms with Crippen molar-refractivity contribution in [2.24, 2.45) is 0 Å². The third kappa shape index (κ3) is 1210. The average molecular weight is 408 g/mol. The topological polar surface area (TPSA) is 56.4 Å². The zero-order valence-electron chi connectivity index (χ0n) is 10.3. The van der Waals surface area contributed by atoms with Crippen LogP contribution in [0.2, 0.25) is 0 Å². The van der Waals surface area contributed by atoms with Gasteiger partial charge in [0.05, 0.1) is 0 Å². The summed E-state index contributed by atoms with van der Waals surface area (Å²) in [4.78, 5) is 0. The van der Waals surface area contributed by atoms with Crippen LogP contribution in [0.4, 0.5) is 0 Å². The van der Waals surface area contributed by atoms with Crippen molar-refractivity contribution >= 4 is 0 Å². The largest absolute Gasteiger partial charge is 4.00 e. The van der Waals surface area contributed by atoms with Crippen LogP contribution in [0.25, 0.3) is 21.3 Å². The van der Waals surface area contributed by atoms with E-state index in [1.807, 2.05) is 0 Å². The summed E-state index contributed by atoms with van der Waals surface area (Å²) in [7, 11) is 14.0. The average Bonchev–Trinajstić information content (AvgIpc) is 1.92. The normalized spacial score (nSPS) is 5.54. The van der Waals surface area contributed by atoms with Gasteiger partial charge < -0.3 is 21.3 Å². The van der Waals surface area contributed by atoms with Gasteiger partial charge in [0.1, 0.15) is 0 Å². The van der Waals surface area contributed by atoms with Crippen LogP contribution < -0.4 is 0 Å². The first-order valence-corrected chi connectivity index (χ1v) is 3.58. The predicted octanol–water partition coefficient (Wildman–Crippen LogP) is 2.48. The van der Waals surface area contributed by atoms with Gasteiger partial charge in [-0.3, -0.25) is 0 Å². The number of rotatable bonds is 0. The summed E-state index contributed by atoms with van der Waals surface area (Å²) in [5.41, 5.74) is 0. The molecule has 0 saturated carbocycles. The van der Waals surface area contributed by atoms with Crippen molar-refractivity contribution < 1.29 is 39.9 Å². The summed E-state index contributed by atoms with van der Waals surface area (Å²) >= 11 is 0. The Morgan fingerprint density at radius 3 is 0.385 bits per heavy atom. The monoisotopic (exact) mass is 408 g/mol. The molecule has 0 saturated heterocycles. The molecule has 5 heteroatoms. The van der Waals surface area contributed by atoms with Crippen molar-refractivity contribution in [3.8, 4) is 0 Å². The molecule has 0 aromatic rings. The van der Waals surface area contributed by atoms with Crippen LogP contribution in [0.5, 0.6) is 0 Å². The minimum atomic E-state index is 0. The standard InChI is InChI=1S/4C2H6N.Th/c4*1-3-2;/h4*1-2H3;/q4*-1;+4. The molecule has 0 aromatic carbocycles. The summed E-state index contributed by atoms with van der Waals surface area (Å²) in [6.45, 7) is 0. The molecule has 0 bridgehead atoms. The summed E-state index contributed by atoms with van der Waals surface area (Å²) in [5, 5.41) is 14.0. The molecule has 4 nitrogen and oxygen atoms in total. The van der Waals surface area contributed by atoms with Crippen molar-refractivity contribution in [3.63, 3.8) is 0 Å².